The quantitative estimate of drug-likeness (QED) is 0.832. The number of nitrogens with zero attached hydrogens (tertiary/aromatic N) is 3. The highest BCUT2D eigenvalue weighted by molar-refractivity contribution is 7.07. The van der Waals surface area contributed by atoms with E-state index in [1.165, 1.54) is 5.56 Å². The predicted octanol–water partition coefficient (Wildman–Crippen LogP) is 1.11. The molecule has 3 heterocycles. The van der Waals surface area contributed by atoms with Crippen molar-refractivity contribution in [3.63, 3.8) is 0 Å². The van der Waals surface area contributed by atoms with Gasteiger partial charge < -0.3 is 14.5 Å². The number of likely N-dealkylation sites (N-methyl/N-ethyl adjacent to an activating group) is 1. The molecular formula is C16H25N3O2S. The molecular weight excluding hydrogens is 298 g/mol. The van der Waals surface area contributed by atoms with Crippen molar-refractivity contribution in [2.45, 2.75) is 19.6 Å². The lowest BCUT2D eigenvalue weighted by molar-refractivity contribution is -0.151. The van der Waals surface area contributed by atoms with Crippen LogP contribution in [0.5, 0.6) is 0 Å². The molecule has 1 atom stereocenters. The lowest BCUT2D eigenvalue weighted by atomic mass is 10.2. The Bertz CT molecular complexity index is 472. The molecule has 2 fully saturated rings. The summed E-state index contributed by atoms with van der Waals surface area (Å²) in [4.78, 5) is 19.3. The van der Waals surface area contributed by atoms with Crippen molar-refractivity contribution in [1.29, 1.82) is 0 Å². The second kappa shape index (κ2) is 7.55. The van der Waals surface area contributed by atoms with Crippen molar-refractivity contribution in [3.8, 4) is 0 Å². The number of piperazine rings is 1. The van der Waals surface area contributed by atoms with Crippen LogP contribution in [0.25, 0.3) is 0 Å². The van der Waals surface area contributed by atoms with Crippen molar-refractivity contribution in [2.75, 3.05) is 52.4 Å². The number of thiophene rings is 1. The van der Waals surface area contributed by atoms with Crippen LogP contribution in [-0.2, 0) is 16.1 Å². The SMILES string of the molecule is CCN1CCN(C(=O)[C@@H]2CN(Cc3ccsc3)CCO2)CC1. The Kier molecular flexibility index (Phi) is 5.46. The van der Waals surface area contributed by atoms with Gasteiger partial charge in [0.25, 0.3) is 5.91 Å². The van der Waals surface area contributed by atoms with Gasteiger partial charge in [-0.1, -0.05) is 6.92 Å². The van der Waals surface area contributed by atoms with Gasteiger partial charge in [0.05, 0.1) is 6.61 Å². The molecule has 0 bridgehead atoms. The largest absolute Gasteiger partial charge is 0.366 e. The average molecular weight is 323 g/mol. The van der Waals surface area contributed by atoms with Crippen LogP contribution in [0.4, 0.5) is 0 Å². The van der Waals surface area contributed by atoms with Crippen LogP contribution in [0.3, 0.4) is 0 Å². The summed E-state index contributed by atoms with van der Waals surface area (Å²) in [5.74, 6) is 0.172. The van der Waals surface area contributed by atoms with Crippen LogP contribution in [0, 0.1) is 0 Å². The topological polar surface area (TPSA) is 36.0 Å². The van der Waals surface area contributed by atoms with Gasteiger partial charge in [0.1, 0.15) is 6.10 Å². The molecule has 3 rings (SSSR count). The zero-order valence-electron chi connectivity index (χ0n) is 13.2. The van der Waals surface area contributed by atoms with E-state index in [0.717, 1.165) is 45.8 Å². The number of carbonyl (C=O) groups is 1. The molecule has 0 radical (unpaired) electrons. The minimum Gasteiger partial charge on any atom is -0.366 e. The van der Waals surface area contributed by atoms with Gasteiger partial charge in [0, 0.05) is 45.8 Å². The molecule has 5 nitrogen and oxygen atoms in total. The first kappa shape index (κ1) is 15.9. The minimum atomic E-state index is -0.291. The Morgan fingerprint density at radius 2 is 2.09 bits per heavy atom. The Balaban J connectivity index is 1.52. The zero-order valence-corrected chi connectivity index (χ0v) is 14.1. The van der Waals surface area contributed by atoms with E-state index in [4.69, 9.17) is 4.74 Å². The van der Waals surface area contributed by atoms with Crippen molar-refractivity contribution in [3.05, 3.63) is 22.4 Å². The molecule has 0 N–H and O–H groups in total. The summed E-state index contributed by atoms with van der Waals surface area (Å²) in [7, 11) is 0. The molecule has 0 spiro atoms. The molecule has 1 aromatic heterocycles. The first-order valence-electron chi connectivity index (χ1n) is 8.12. The van der Waals surface area contributed by atoms with Crippen LogP contribution >= 0.6 is 11.3 Å². The number of hydrogen-bond acceptors (Lipinski definition) is 5. The third kappa shape index (κ3) is 3.87. The number of ether oxygens (including phenoxy) is 1. The Labute approximate surface area is 136 Å². The number of rotatable bonds is 4. The molecule has 2 saturated heterocycles. The second-order valence-corrected chi connectivity index (χ2v) is 6.77. The van der Waals surface area contributed by atoms with Gasteiger partial charge in [-0.2, -0.15) is 11.3 Å². The van der Waals surface area contributed by atoms with Gasteiger partial charge in [0.2, 0.25) is 0 Å². The Morgan fingerprint density at radius 3 is 2.77 bits per heavy atom. The molecule has 0 aromatic carbocycles. The maximum atomic E-state index is 12.7. The molecule has 6 heteroatoms. The third-order valence-electron chi connectivity index (χ3n) is 4.54. The van der Waals surface area contributed by atoms with Gasteiger partial charge >= 0.3 is 0 Å². The van der Waals surface area contributed by atoms with E-state index in [0.29, 0.717) is 13.2 Å². The predicted molar refractivity (Wildman–Crippen MR) is 88.0 cm³/mol. The van der Waals surface area contributed by atoms with Crippen LogP contribution in [0.1, 0.15) is 12.5 Å². The molecule has 0 saturated carbocycles. The summed E-state index contributed by atoms with van der Waals surface area (Å²) in [6.45, 7) is 10.0. The molecule has 1 amide bonds. The van der Waals surface area contributed by atoms with Crippen LogP contribution < -0.4 is 0 Å². The lowest BCUT2D eigenvalue weighted by Gasteiger charge is -2.38. The van der Waals surface area contributed by atoms with E-state index in [1.54, 1.807) is 11.3 Å². The third-order valence-corrected chi connectivity index (χ3v) is 5.28. The number of amides is 1. The number of carbonyl (C=O) groups excluding carboxylic acids is 1. The highest BCUT2D eigenvalue weighted by Gasteiger charge is 2.31. The molecule has 22 heavy (non-hydrogen) atoms. The van der Waals surface area contributed by atoms with Crippen LogP contribution in [-0.4, -0.2) is 79.1 Å². The average Bonchev–Trinajstić information content (AvgIpc) is 3.07. The molecule has 0 unspecified atom stereocenters. The van der Waals surface area contributed by atoms with Crippen LogP contribution in [0.2, 0.25) is 0 Å². The van der Waals surface area contributed by atoms with Gasteiger partial charge in [-0.25, -0.2) is 0 Å². The summed E-state index contributed by atoms with van der Waals surface area (Å²) in [6.07, 6.45) is -0.291. The van der Waals surface area contributed by atoms with Gasteiger partial charge in [-0.15, -0.1) is 0 Å². The van der Waals surface area contributed by atoms with E-state index in [-0.39, 0.29) is 12.0 Å². The minimum absolute atomic E-state index is 0.172. The Morgan fingerprint density at radius 1 is 1.27 bits per heavy atom. The van der Waals surface area contributed by atoms with Gasteiger partial charge in [-0.3, -0.25) is 9.69 Å². The van der Waals surface area contributed by atoms with Gasteiger partial charge in [0.15, 0.2) is 0 Å². The molecule has 122 valence electrons. The highest BCUT2D eigenvalue weighted by Crippen LogP contribution is 2.15. The fourth-order valence-corrected chi connectivity index (χ4v) is 3.78. The lowest BCUT2D eigenvalue weighted by Crippen LogP contribution is -2.55. The first-order valence-corrected chi connectivity index (χ1v) is 9.06. The summed E-state index contributed by atoms with van der Waals surface area (Å²) in [5, 5.41) is 4.28. The van der Waals surface area contributed by atoms with E-state index >= 15 is 0 Å². The summed E-state index contributed by atoms with van der Waals surface area (Å²) in [6, 6.07) is 2.15. The van der Waals surface area contributed by atoms with Crippen molar-refractivity contribution in [2.24, 2.45) is 0 Å². The first-order chi connectivity index (χ1) is 10.8. The monoisotopic (exact) mass is 323 g/mol. The van der Waals surface area contributed by atoms with Crippen molar-refractivity contribution < 1.29 is 9.53 Å². The highest BCUT2D eigenvalue weighted by atomic mass is 32.1. The van der Waals surface area contributed by atoms with Crippen molar-refractivity contribution >= 4 is 17.2 Å². The summed E-state index contributed by atoms with van der Waals surface area (Å²) in [5.41, 5.74) is 1.33. The molecule has 1 aromatic rings. The van der Waals surface area contributed by atoms with Crippen molar-refractivity contribution in [1.82, 2.24) is 14.7 Å². The zero-order chi connectivity index (χ0) is 15.4. The van der Waals surface area contributed by atoms with E-state index in [2.05, 4.69) is 33.6 Å². The standard InChI is InChI=1S/C16H25N3O2S/c1-2-17-4-6-19(7-5-17)16(20)15-12-18(8-9-21-15)11-14-3-10-22-13-14/h3,10,13,15H,2,4-9,11-12H2,1H3/t15-/m0/s1. The van der Waals surface area contributed by atoms with Crippen LogP contribution in [0.15, 0.2) is 16.8 Å². The number of morpholine rings is 1. The van der Waals surface area contributed by atoms with Gasteiger partial charge in [-0.05, 0) is 28.9 Å². The molecule has 2 aliphatic rings. The van der Waals surface area contributed by atoms with E-state index < -0.39 is 0 Å². The smallest absolute Gasteiger partial charge is 0.253 e. The fourth-order valence-electron chi connectivity index (χ4n) is 3.12. The normalized spacial score (nSPS) is 24.6. The second-order valence-electron chi connectivity index (χ2n) is 5.99. The maximum Gasteiger partial charge on any atom is 0.253 e. The number of hydrogen-bond donors (Lipinski definition) is 0. The Hall–Kier alpha value is -0.950. The molecule has 2 aliphatic heterocycles. The van der Waals surface area contributed by atoms with E-state index in [9.17, 15) is 4.79 Å². The maximum absolute atomic E-state index is 12.7. The molecule has 0 aliphatic carbocycles. The fraction of sp³-hybridized carbons (Fsp3) is 0.688. The van der Waals surface area contributed by atoms with E-state index in [1.807, 2.05) is 4.90 Å². The summed E-state index contributed by atoms with van der Waals surface area (Å²) >= 11 is 1.72. The summed E-state index contributed by atoms with van der Waals surface area (Å²) < 4.78 is 5.75.